The Kier molecular flexibility index (Phi) is 4.76. The number of carbonyl (C=O) groups is 2. The van der Waals surface area contributed by atoms with Crippen molar-refractivity contribution in [1.29, 1.82) is 0 Å². The molecule has 2 heterocycles. The number of anilines is 2. The Bertz CT molecular complexity index is 779. The van der Waals surface area contributed by atoms with Crippen LogP contribution >= 0.6 is 11.8 Å². The van der Waals surface area contributed by atoms with Gasteiger partial charge in [0.2, 0.25) is 0 Å². The number of imide groups is 1. The lowest BCUT2D eigenvalue weighted by Crippen LogP contribution is -2.27. The number of hydrogen-bond donors (Lipinski definition) is 0. The number of hydrogen-bond acceptors (Lipinski definition) is 5. The van der Waals surface area contributed by atoms with Crippen molar-refractivity contribution in [2.24, 2.45) is 0 Å². The first-order valence-corrected chi connectivity index (χ1v) is 8.63. The van der Waals surface area contributed by atoms with Crippen LogP contribution in [0.2, 0.25) is 0 Å². The number of thioether (sulfide) groups is 1. The molecule has 124 valence electrons. The maximum absolute atomic E-state index is 12.5. The number of amides is 2. The highest BCUT2D eigenvalue weighted by Crippen LogP contribution is 2.36. The summed E-state index contributed by atoms with van der Waals surface area (Å²) in [6.45, 7) is 5.79. The van der Waals surface area contributed by atoms with Crippen molar-refractivity contribution >= 4 is 40.6 Å². The summed E-state index contributed by atoms with van der Waals surface area (Å²) in [7, 11) is 0. The van der Waals surface area contributed by atoms with Crippen LogP contribution in [0, 0.1) is 0 Å². The Morgan fingerprint density at radius 3 is 2.46 bits per heavy atom. The number of benzene rings is 1. The van der Waals surface area contributed by atoms with E-state index in [0.717, 1.165) is 30.7 Å². The predicted molar refractivity (Wildman–Crippen MR) is 97.2 cm³/mol. The lowest BCUT2D eigenvalue weighted by molar-refractivity contribution is -0.113. The Labute approximate surface area is 144 Å². The van der Waals surface area contributed by atoms with Gasteiger partial charge in [0.1, 0.15) is 5.76 Å². The van der Waals surface area contributed by atoms with Gasteiger partial charge in [0.15, 0.2) is 5.88 Å². The summed E-state index contributed by atoms with van der Waals surface area (Å²) >= 11 is 0.926. The minimum atomic E-state index is -0.322. The second-order valence-electron chi connectivity index (χ2n) is 5.20. The average molecular weight is 342 g/mol. The zero-order valence-corrected chi connectivity index (χ0v) is 14.4. The molecule has 1 fully saturated rings. The molecule has 0 bridgehead atoms. The highest BCUT2D eigenvalue weighted by molar-refractivity contribution is 8.19. The fourth-order valence-corrected chi connectivity index (χ4v) is 3.34. The van der Waals surface area contributed by atoms with Crippen LogP contribution in [-0.4, -0.2) is 24.2 Å². The average Bonchev–Trinajstić information content (AvgIpc) is 3.15. The van der Waals surface area contributed by atoms with Gasteiger partial charge in [-0.2, -0.15) is 0 Å². The zero-order chi connectivity index (χ0) is 17.1. The normalized spacial score (nSPS) is 16.2. The third-order valence-electron chi connectivity index (χ3n) is 3.77. The smallest absolute Gasteiger partial charge is 0.298 e. The van der Waals surface area contributed by atoms with Gasteiger partial charge in [-0.15, -0.1) is 0 Å². The quantitative estimate of drug-likeness (QED) is 0.755. The molecule has 2 amide bonds. The molecule has 2 aromatic rings. The van der Waals surface area contributed by atoms with E-state index in [1.165, 1.54) is 4.90 Å². The molecule has 0 aliphatic carbocycles. The van der Waals surface area contributed by atoms with Crippen molar-refractivity contribution in [3.8, 4) is 0 Å². The van der Waals surface area contributed by atoms with Crippen LogP contribution in [0.25, 0.3) is 6.08 Å². The van der Waals surface area contributed by atoms with Gasteiger partial charge in [0, 0.05) is 25.2 Å². The number of rotatable bonds is 5. The van der Waals surface area contributed by atoms with Gasteiger partial charge in [0.05, 0.1) is 10.6 Å². The van der Waals surface area contributed by atoms with Crippen LogP contribution in [0.5, 0.6) is 0 Å². The minimum absolute atomic E-state index is 0.298. The second kappa shape index (κ2) is 6.97. The number of carbonyl (C=O) groups excluding carboxylic acids is 2. The fourth-order valence-electron chi connectivity index (χ4n) is 2.52. The summed E-state index contributed by atoms with van der Waals surface area (Å²) in [6, 6.07) is 12.6. The van der Waals surface area contributed by atoms with Gasteiger partial charge in [-0.1, -0.05) is 18.2 Å². The topological polar surface area (TPSA) is 53.8 Å². The SMILES string of the molecule is CCN(CC)c1ccc(/C=C2\SC(=O)N(c3ccccc3)C2=O)o1. The van der Waals surface area contributed by atoms with E-state index in [2.05, 4.69) is 18.7 Å². The minimum Gasteiger partial charge on any atom is -0.441 e. The molecule has 24 heavy (non-hydrogen) atoms. The molecule has 1 aromatic carbocycles. The first kappa shape index (κ1) is 16.4. The van der Waals surface area contributed by atoms with Gasteiger partial charge >= 0.3 is 0 Å². The van der Waals surface area contributed by atoms with E-state index in [-0.39, 0.29) is 11.1 Å². The molecule has 5 nitrogen and oxygen atoms in total. The molecular formula is C18H18N2O3S. The highest BCUT2D eigenvalue weighted by Gasteiger charge is 2.36. The van der Waals surface area contributed by atoms with Crippen LogP contribution in [0.1, 0.15) is 19.6 Å². The van der Waals surface area contributed by atoms with E-state index >= 15 is 0 Å². The van der Waals surface area contributed by atoms with Crippen molar-refractivity contribution in [2.45, 2.75) is 13.8 Å². The zero-order valence-electron chi connectivity index (χ0n) is 13.6. The molecule has 0 atom stereocenters. The summed E-state index contributed by atoms with van der Waals surface area (Å²) in [6.07, 6.45) is 1.63. The largest absolute Gasteiger partial charge is 0.441 e. The van der Waals surface area contributed by atoms with Gasteiger partial charge in [0.25, 0.3) is 11.1 Å². The Morgan fingerprint density at radius 2 is 1.79 bits per heavy atom. The molecule has 1 aliphatic heterocycles. The first-order valence-electron chi connectivity index (χ1n) is 7.81. The monoisotopic (exact) mass is 342 g/mol. The van der Waals surface area contributed by atoms with E-state index in [4.69, 9.17) is 4.42 Å². The van der Waals surface area contributed by atoms with E-state index in [1.54, 1.807) is 30.3 Å². The summed E-state index contributed by atoms with van der Waals surface area (Å²) in [5.74, 6) is 1.00. The number of nitrogens with zero attached hydrogens (tertiary/aromatic N) is 2. The molecule has 1 aliphatic rings. The lowest BCUT2D eigenvalue weighted by atomic mass is 10.3. The Balaban J connectivity index is 1.84. The van der Waals surface area contributed by atoms with Crippen molar-refractivity contribution in [3.05, 3.63) is 53.1 Å². The number of furan rings is 1. The molecule has 0 unspecified atom stereocenters. The van der Waals surface area contributed by atoms with Crippen molar-refractivity contribution in [1.82, 2.24) is 0 Å². The summed E-state index contributed by atoms with van der Waals surface area (Å²) in [5, 5.41) is -0.298. The van der Waals surface area contributed by atoms with Crippen molar-refractivity contribution in [2.75, 3.05) is 22.9 Å². The van der Waals surface area contributed by atoms with Crippen LogP contribution in [0.3, 0.4) is 0 Å². The summed E-state index contributed by atoms with van der Waals surface area (Å²) < 4.78 is 5.77. The third-order valence-corrected chi connectivity index (χ3v) is 4.64. The van der Waals surface area contributed by atoms with Crippen molar-refractivity contribution < 1.29 is 14.0 Å². The molecule has 3 rings (SSSR count). The summed E-state index contributed by atoms with van der Waals surface area (Å²) in [5.41, 5.74) is 0.576. The highest BCUT2D eigenvalue weighted by atomic mass is 32.2. The van der Waals surface area contributed by atoms with Gasteiger partial charge < -0.3 is 9.32 Å². The van der Waals surface area contributed by atoms with Crippen LogP contribution in [0.15, 0.2) is 51.8 Å². The molecular weight excluding hydrogens is 324 g/mol. The molecule has 1 saturated heterocycles. The van der Waals surface area contributed by atoms with Gasteiger partial charge in [-0.05, 0) is 43.8 Å². The Morgan fingerprint density at radius 1 is 1.08 bits per heavy atom. The molecule has 1 aromatic heterocycles. The standard InChI is InChI=1S/C18H18N2O3S/c1-3-19(4-2)16-11-10-14(23-16)12-15-17(21)20(18(22)24-15)13-8-6-5-7-9-13/h5-12H,3-4H2,1-2H3/b15-12-. The fraction of sp³-hybridized carbons (Fsp3) is 0.222. The predicted octanol–water partition coefficient (Wildman–Crippen LogP) is 4.37. The summed E-state index contributed by atoms with van der Waals surface area (Å²) in [4.78, 5) is 28.3. The first-order chi connectivity index (χ1) is 11.6. The Hall–Kier alpha value is -2.47. The molecule has 0 radical (unpaired) electrons. The van der Waals surface area contributed by atoms with Crippen LogP contribution < -0.4 is 9.80 Å². The van der Waals surface area contributed by atoms with Gasteiger partial charge in [-0.3, -0.25) is 9.59 Å². The molecule has 0 N–H and O–H groups in total. The van der Waals surface area contributed by atoms with Crippen LogP contribution in [0.4, 0.5) is 16.4 Å². The van der Waals surface area contributed by atoms with E-state index in [0.29, 0.717) is 16.4 Å². The van der Waals surface area contributed by atoms with E-state index in [1.807, 2.05) is 18.2 Å². The molecule has 0 spiro atoms. The number of para-hydroxylation sites is 1. The van der Waals surface area contributed by atoms with E-state index < -0.39 is 0 Å². The maximum Gasteiger partial charge on any atom is 0.298 e. The van der Waals surface area contributed by atoms with Crippen molar-refractivity contribution in [3.63, 3.8) is 0 Å². The molecule has 6 heteroatoms. The van der Waals surface area contributed by atoms with E-state index in [9.17, 15) is 9.59 Å². The second-order valence-corrected chi connectivity index (χ2v) is 6.19. The maximum atomic E-state index is 12.5. The molecule has 0 saturated carbocycles. The third kappa shape index (κ3) is 3.10. The van der Waals surface area contributed by atoms with Crippen LogP contribution in [-0.2, 0) is 4.79 Å². The lowest BCUT2D eigenvalue weighted by Gasteiger charge is -2.16. The van der Waals surface area contributed by atoms with Gasteiger partial charge in [-0.25, -0.2) is 4.90 Å².